The third kappa shape index (κ3) is 2.37. The zero-order valence-corrected chi connectivity index (χ0v) is 11.2. The maximum absolute atomic E-state index is 5.57. The fourth-order valence-corrected chi connectivity index (χ4v) is 1.78. The molecule has 0 aliphatic carbocycles. The monoisotopic (exact) mass is 246 g/mol. The number of nitrogens with zero attached hydrogens (tertiary/aromatic N) is 2. The van der Waals surface area contributed by atoms with Crippen molar-refractivity contribution in [3.8, 4) is 11.6 Å². The van der Waals surface area contributed by atoms with Gasteiger partial charge >= 0.3 is 0 Å². The highest BCUT2D eigenvalue weighted by Crippen LogP contribution is 2.27. The van der Waals surface area contributed by atoms with Gasteiger partial charge in [-0.25, -0.2) is 9.97 Å². The topological polar surface area (TPSA) is 44.2 Å². The molecular weight excluding hydrogens is 228 g/mol. The molecule has 1 heterocycles. The van der Waals surface area contributed by atoms with Crippen molar-refractivity contribution in [2.24, 2.45) is 0 Å². The Morgan fingerprint density at radius 2 is 1.94 bits per heavy atom. The number of aromatic nitrogens is 2. The Kier molecular flexibility index (Phi) is 3.65. The summed E-state index contributed by atoms with van der Waals surface area (Å²) in [6.07, 6.45) is 0. The first-order valence-electron chi connectivity index (χ1n) is 6.14. The van der Waals surface area contributed by atoms with Gasteiger partial charge in [-0.3, -0.25) is 0 Å². The third-order valence-corrected chi connectivity index (χ3v) is 2.69. The molecular formula is C14H18N2O2. The van der Waals surface area contributed by atoms with Gasteiger partial charge in [-0.1, -0.05) is 13.8 Å². The van der Waals surface area contributed by atoms with Gasteiger partial charge in [-0.05, 0) is 19.1 Å². The van der Waals surface area contributed by atoms with Crippen molar-refractivity contribution in [1.82, 2.24) is 9.97 Å². The molecule has 0 atom stereocenters. The van der Waals surface area contributed by atoms with Crippen molar-refractivity contribution < 1.29 is 9.47 Å². The van der Waals surface area contributed by atoms with Crippen molar-refractivity contribution in [1.29, 1.82) is 0 Å². The SMILES string of the molecule is CCOc1nc2cc(OC)ccc2nc1C(C)C. The Morgan fingerprint density at radius 3 is 2.56 bits per heavy atom. The molecule has 1 aromatic heterocycles. The number of fused-ring (bicyclic) bond motifs is 1. The minimum Gasteiger partial charge on any atom is -0.497 e. The molecule has 2 aromatic rings. The molecule has 0 amide bonds. The molecule has 4 nitrogen and oxygen atoms in total. The van der Waals surface area contributed by atoms with Crippen LogP contribution in [0, 0.1) is 0 Å². The smallest absolute Gasteiger partial charge is 0.236 e. The lowest BCUT2D eigenvalue weighted by Crippen LogP contribution is -2.04. The van der Waals surface area contributed by atoms with E-state index in [0.29, 0.717) is 12.5 Å². The summed E-state index contributed by atoms with van der Waals surface area (Å²) in [5.74, 6) is 1.68. The van der Waals surface area contributed by atoms with E-state index in [1.54, 1.807) is 7.11 Å². The number of hydrogen-bond donors (Lipinski definition) is 0. The maximum Gasteiger partial charge on any atom is 0.236 e. The van der Waals surface area contributed by atoms with E-state index in [1.807, 2.05) is 25.1 Å². The minimum absolute atomic E-state index is 0.283. The molecule has 0 N–H and O–H groups in total. The molecule has 0 bridgehead atoms. The zero-order valence-electron chi connectivity index (χ0n) is 11.2. The Bertz CT molecular complexity index is 553. The van der Waals surface area contributed by atoms with Gasteiger partial charge in [0.25, 0.3) is 0 Å². The molecule has 96 valence electrons. The average molecular weight is 246 g/mol. The van der Waals surface area contributed by atoms with Crippen molar-refractivity contribution in [2.75, 3.05) is 13.7 Å². The number of ether oxygens (including phenoxy) is 2. The number of hydrogen-bond acceptors (Lipinski definition) is 4. The van der Waals surface area contributed by atoms with Gasteiger partial charge in [0, 0.05) is 12.0 Å². The normalized spacial score (nSPS) is 10.9. The summed E-state index contributed by atoms with van der Waals surface area (Å²) >= 11 is 0. The lowest BCUT2D eigenvalue weighted by Gasteiger charge is -2.12. The summed E-state index contributed by atoms with van der Waals surface area (Å²) in [7, 11) is 1.64. The van der Waals surface area contributed by atoms with Crippen LogP contribution in [0.4, 0.5) is 0 Å². The molecule has 0 saturated carbocycles. The largest absolute Gasteiger partial charge is 0.497 e. The Morgan fingerprint density at radius 1 is 1.17 bits per heavy atom. The summed E-state index contributed by atoms with van der Waals surface area (Å²) < 4.78 is 10.8. The molecule has 4 heteroatoms. The van der Waals surface area contributed by atoms with E-state index < -0.39 is 0 Å². The van der Waals surface area contributed by atoms with Crippen LogP contribution in [-0.2, 0) is 0 Å². The van der Waals surface area contributed by atoms with Gasteiger partial charge in [-0.15, -0.1) is 0 Å². The molecule has 1 aromatic carbocycles. The van der Waals surface area contributed by atoms with Crippen LogP contribution >= 0.6 is 0 Å². The van der Waals surface area contributed by atoms with E-state index in [1.165, 1.54) is 0 Å². The van der Waals surface area contributed by atoms with Gasteiger partial charge in [-0.2, -0.15) is 0 Å². The molecule has 18 heavy (non-hydrogen) atoms. The van der Waals surface area contributed by atoms with E-state index in [-0.39, 0.29) is 5.92 Å². The predicted molar refractivity (Wildman–Crippen MR) is 71.3 cm³/mol. The highest BCUT2D eigenvalue weighted by molar-refractivity contribution is 5.76. The highest BCUT2D eigenvalue weighted by Gasteiger charge is 2.13. The average Bonchev–Trinajstić information content (AvgIpc) is 2.37. The third-order valence-electron chi connectivity index (χ3n) is 2.69. The summed E-state index contributed by atoms with van der Waals surface area (Å²) in [4.78, 5) is 9.16. The Balaban J connectivity index is 2.60. The van der Waals surface area contributed by atoms with E-state index in [0.717, 1.165) is 22.5 Å². The van der Waals surface area contributed by atoms with Crippen LogP contribution < -0.4 is 9.47 Å². The Hall–Kier alpha value is -1.84. The number of benzene rings is 1. The number of methoxy groups -OCH3 is 1. The molecule has 0 saturated heterocycles. The fourth-order valence-electron chi connectivity index (χ4n) is 1.78. The lowest BCUT2D eigenvalue weighted by molar-refractivity contribution is 0.320. The Labute approximate surface area is 107 Å². The van der Waals surface area contributed by atoms with Gasteiger partial charge < -0.3 is 9.47 Å². The molecule has 2 rings (SSSR count). The van der Waals surface area contributed by atoms with Crippen molar-refractivity contribution in [2.45, 2.75) is 26.7 Å². The second-order valence-electron chi connectivity index (χ2n) is 4.36. The lowest BCUT2D eigenvalue weighted by atomic mass is 10.1. The zero-order chi connectivity index (χ0) is 13.1. The first kappa shape index (κ1) is 12.6. The quantitative estimate of drug-likeness (QED) is 0.831. The van der Waals surface area contributed by atoms with Gasteiger partial charge in [0.05, 0.1) is 24.8 Å². The van der Waals surface area contributed by atoms with Crippen molar-refractivity contribution >= 4 is 11.0 Å². The van der Waals surface area contributed by atoms with Gasteiger partial charge in [0.1, 0.15) is 11.4 Å². The molecule has 0 spiro atoms. The highest BCUT2D eigenvalue weighted by atomic mass is 16.5. The predicted octanol–water partition coefficient (Wildman–Crippen LogP) is 3.16. The van der Waals surface area contributed by atoms with E-state index in [2.05, 4.69) is 23.8 Å². The van der Waals surface area contributed by atoms with Crippen LogP contribution in [0.3, 0.4) is 0 Å². The van der Waals surface area contributed by atoms with E-state index >= 15 is 0 Å². The summed E-state index contributed by atoms with van der Waals surface area (Å²) in [6.45, 7) is 6.70. The van der Waals surface area contributed by atoms with Crippen molar-refractivity contribution in [3.05, 3.63) is 23.9 Å². The first-order valence-corrected chi connectivity index (χ1v) is 6.14. The van der Waals surface area contributed by atoms with Gasteiger partial charge in [0.15, 0.2) is 0 Å². The van der Waals surface area contributed by atoms with Crippen LogP contribution in [0.15, 0.2) is 18.2 Å². The first-order chi connectivity index (χ1) is 8.65. The van der Waals surface area contributed by atoms with Crippen LogP contribution in [0.25, 0.3) is 11.0 Å². The molecule has 0 unspecified atom stereocenters. The second kappa shape index (κ2) is 5.21. The van der Waals surface area contributed by atoms with E-state index in [4.69, 9.17) is 9.47 Å². The number of rotatable bonds is 4. The second-order valence-corrected chi connectivity index (χ2v) is 4.36. The summed E-state index contributed by atoms with van der Waals surface area (Å²) in [5.41, 5.74) is 2.56. The summed E-state index contributed by atoms with van der Waals surface area (Å²) in [6, 6.07) is 5.68. The molecule has 0 fully saturated rings. The molecule has 0 aliphatic heterocycles. The van der Waals surface area contributed by atoms with Crippen LogP contribution in [0.2, 0.25) is 0 Å². The summed E-state index contributed by atoms with van der Waals surface area (Å²) in [5, 5.41) is 0. The fraction of sp³-hybridized carbons (Fsp3) is 0.429. The van der Waals surface area contributed by atoms with Gasteiger partial charge in [0.2, 0.25) is 5.88 Å². The van der Waals surface area contributed by atoms with E-state index in [9.17, 15) is 0 Å². The standard InChI is InChI=1S/C14H18N2O2/c1-5-18-14-13(9(2)3)15-11-7-6-10(17-4)8-12(11)16-14/h6-9H,5H2,1-4H3. The van der Waals surface area contributed by atoms with Crippen LogP contribution in [0.5, 0.6) is 11.6 Å². The maximum atomic E-state index is 5.57. The molecule has 0 radical (unpaired) electrons. The van der Waals surface area contributed by atoms with Crippen molar-refractivity contribution in [3.63, 3.8) is 0 Å². The molecule has 0 aliphatic rings. The minimum atomic E-state index is 0.283. The van der Waals surface area contributed by atoms with Crippen LogP contribution in [0.1, 0.15) is 32.4 Å². The van der Waals surface area contributed by atoms with Crippen LogP contribution in [-0.4, -0.2) is 23.7 Å².